The van der Waals surface area contributed by atoms with Gasteiger partial charge >= 0.3 is 0 Å². The summed E-state index contributed by atoms with van der Waals surface area (Å²) in [6.45, 7) is 2.24. The van der Waals surface area contributed by atoms with Gasteiger partial charge in [0.15, 0.2) is 0 Å². The maximum absolute atomic E-state index is 5.19. The van der Waals surface area contributed by atoms with E-state index in [0.717, 1.165) is 17.6 Å². The third-order valence-electron chi connectivity index (χ3n) is 4.44. The number of hydrogen-bond acceptors (Lipinski definition) is 2. The lowest BCUT2D eigenvalue weighted by Gasteiger charge is -2.42. The van der Waals surface area contributed by atoms with Crippen LogP contribution in [0.3, 0.4) is 0 Å². The molecule has 0 aliphatic heterocycles. The molecule has 1 aromatic rings. The van der Waals surface area contributed by atoms with Crippen LogP contribution in [0.2, 0.25) is 0 Å². The molecule has 0 radical (unpaired) electrons. The van der Waals surface area contributed by atoms with E-state index < -0.39 is 0 Å². The van der Waals surface area contributed by atoms with Gasteiger partial charge in [-0.2, -0.15) is 0 Å². The summed E-state index contributed by atoms with van der Waals surface area (Å²) in [6, 6.07) is 9.45. The molecule has 2 aliphatic rings. The summed E-state index contributed by atoms with van der Waals surface area (Å²) in [4.78, 5) is 0. The molecule has 2 aliphatic carbocycles. The molecule has 1 saturated carbocycles. The van der Waals surface area contributed by atoms with Gasteiger partial charge in [-0.05, 0) is 49.3 Å². The first-order valence-corrected chi connectivity index (χ1v) is 6.84. The summed E-state index contributed by atoms with van der Waals surface area (Å²) in [5.74, 6) is 2.63. The summed E-state index contributed by atoms with van der Waals surface area (Å²) in [6.07, 6.45) is 7.36. The van der Waals surface area contributed by atoms with E-state index in [2.05, 4.69) is 36.5 Å². The fraction of sp³-hybridized carbons (Fsp3) is 0.500. The van der Waals surface area contributed by atoms with Crippen molar-refractivity contribution in [1.29, 1.82) is 0 Å². The van der Waals surface area contributed by atoms with Gasteiger partial charge < -0.3 is 10.1 Å². The van der Waals surface area contributed by atoms with Crippen molar-refractivity contribution in [2.24, 2.45) is 11.8 Å². The van der Waals surface area contributed by atoms with Gasteiger partial charge in [0.05, 0.1) is 7.11 Å². The third kappa shape index (κ3) is 2.05. The molecule has 2 nitrogen and oxygen atoms in total. The van der Waals surface area contributed by atoms with Crippen LogP contribution < -0.4 is 10.1 Å². The highest BCUT2D eigenvalue weighted by atomic mass is 16.5. The fourth-order valence-corrected chi connectivity index (χ4v) is 3.22. The molecule has 1 aromatic carbocycles. The normalized spacial score (nSPS) is 30.7. The zero-order valence-electron chi connectivity index (χ0n) is 11.1. The molecule has 0 saturated heterocycles. The number of ether oxygens (including phenoxy) is 1. The highest BCUT2D eigenvalue weighted by Gasteiger charge is 2.41. The summed E-state index contributed by atoms with van der Waals surface area (Å²) in [7, 11) is 1.71. The topological polar surface area (TPSA) is 21.3 Å². The number of methoxy groups -OCH3 is 1. The predicted octanol–water partition coefficient (Wildman–Crippen LogP) is 3.31. The van der Waals surface area contributed by atoms with Crippen LogP contribution in [0.25, 0.3) is 0 Å². The summed E-state index contributed by atoms with van der Waals surface area (Å²) in [5, 5.41) is 3.75. The number of allylic oxidation sites excluding steroid dienone is 1. The van der Waals surface area contributed by atoms with Crippen molar-refractivity contribution in [1.82, 2.24) is 5.32 Å². The molecule has 4 atom stereocenters. The van der Waals surface area contributed by atoms with Crippen LogP contribution in [-0.2, 0) is 0 Å². The minimum atomic E-state index is 0.413. The average Bonchev–Trinajstić information content (AvgIpc) is 2.77. The van der Waals surface area contributed by atoms with Gasteiger partial charge in [0.1, 0.15) is 5.75 Å². The Kier molecular flexibility index (Phi) is 3.13. The minimum absolute atomic E-state index is 0.413. The number of rotatable bonds is 4. The van der Waals surface area contributed by atoms with E-state index in [9.17, 15) is 0 Å². The monoisotopic (exact) mass is 243 g/mol. The zero-order valence-corrected chi connectivity index (χ0v) is 11.1. The molecule has 0 heterocycles. The van der Waals surface area contributed by atoms with E-state index in [0.29, 0.717) is 12.1 Å². The van der Waals surface area contributed by atoms with E-state index >= 15 is 0 Å². The SMILES string of the molecule is COc1ccc(C(C)NC2CC3CC=CC32)cc1. The van der Waals surface area contributed by atoms with Crippen molar-refractivity contribution in [2.45, 2.75) is 31.8 Å². The second kappa shape index (κ2) is 4.77. The molecule has 2 heteroatoms. The van der Waals surface area contributed by atoms with Crippen LogP contribution in [0.4, 0.5) is 0 Å². The number of fused-ring (bicyclic) bond motifs is 1. The number of benzene rings is 1. The lowest BCUT2D eigenvalue weighted by atomic mass is 9.71. The highest BCUT2D eigenvalue weighted by Crippen LogP contribution is 2.43. The quantitative estimate of drug-likeness (QED) is 0.819. The molecule has 1 fully saturated rings. The highest BCUT2D eigenvalue weighted by molar-refractivity contribution is 5.29. The molecule has 0 amide bonds. The smallest absolute Gasteiger partial charge is 0.118 e. The second-order valence-corrected chi connectivity index (χ2v) is 5.50. The van der Waals surface area contributed by atoms with Crippen molar-refractivity contribution < 1.29 is 4.74 Å². The average molecular weight is 243 g/mol. The number of nitrogens with one attached hydrogen (secondary N) is 1. The summed E-state index contributed by atoms with van der Waals surface area (Å²) >= 11 is 0. The Morgan fingerprint density at radius 3 is 2.72 bits per heavy atom. The van der Waals surface area contributed by atoms with Crippen molar-refractivity contribution in [3.63, 3.8) is 0 Å². The zero-order chi connectivity index (χ0) is 12.5. The third-order valence-corrected chi connectivity index (χ3v) is 4.44. The molecule has 1 N–H and O–H groups in total. The Labute approximate surface area is 109 Å². The molecule has 0 spiro atoms. The van der Waals surface area contributed by atoms with Crippen LogP contribution in [0.5, 0.6) is 5.75 Å². The van der Waals surface area contributed by atoms with Gasteiger partial charge in [-0.25, -0.2) is 0 Å². The molecular formula is C16H21NO. The Hall–Kier alpha value is -1.28. The molecule has 0 aromatic heterocycles. The van der Waals surface area contributed by atoms with Gasteiger partial charge in [0.25, 0.3) is 0 Å². The maximum atomic E-state index is 5.19. The van der Waals surface area contributed by atoms with Crippen molar-refractivity contribution in [2.75, 3.05) is 7.11 Å². The molecule has 3 rings (SSSR count). The van der Waals surface area contributed by atoms with Crippen LogP contribution in [0.15, 0.2) is 36.4 Å². The lowest BCUT2D eigenvalue weighted by Crippen LogP contribution is -2.48. The lowest BCUT2D eigenvalue weighted by molar-refractivity contribution is 0.152. The predicted molar refractivity (Wildman–Crippen MR) is 73.7 cm³/mol. The Balaban J connectivity index is 1.60. The minimum Gasteiger partial charge on any atom is -0.497 e. The van der Waals surface area contributed by atoms with Crippen LogP contribution in [-0.4, -0.2) is 13.2 Å². The van der Waals surface area contributed by atoms with Crippen LogP contribution in [0, 0.1) is 11.8 Å². The van der Waals surface area contributed by atoms with Crippen molar-refractivity contribution in [3.05, 3.63) is 42.0 Å². The van der Waals surface area contributed by atoms with E-state index in [1.165, 1.54) is 18.4 Å². The van der Waals surface area contributed by atoms with Gasteiger partial charge in [0, 0.05) is 12.1 Å². The van der Waals surface area contributed by atoms with Crippen molar-refractivity contribution >= 4 is 0 Å². The summed E-state index contributed by atoms with van der Waals surface area (Å²) < 4.78 is 5.19. The molecule has 0 bridgehead atoms. The van der Waals surface area contributed by atoms with Crippen LogP contribution >= 0.6 is 0 Å². The first-order chi connectivity index (χ1) is 8.78. The first kappa shape index (κ1) is 11.8. The Morgan fingerprint density at radius 1 is 1.28 bits per heavy atom. The van der Waals surface area contributed by atoms with Gasteiger partial charge in [0.2, 0.25) is 0 Å². The Bertz CT molecular complexity index is 437. The van der Waals surface area contributed by atoms with Gasteiger partial charge in [-0.3, -0.25) is 0 Å². The van der Waals surface area contributed by atoms with Crippen LogP contribution in [0.1, 0.15) is 31.4 Å². The molecule has 96 valence electrons. The van der Waals surface area contributed by atoms with E-state index in [1.807, 2.05) is 12.1 Å². The largest absolute Gasteiger partial charge is 0.497 e. The molecule has 18 heavy (non-hydrogen) atoms. The fourth-order valence-electron chi connectivity index (χ4n) is 3.22. The molecular weight excluding hydrogens is 222 g/mol. The Morgan fingerprint density at radius 2 is 2.06 bits per heavy atom. The van der Waals surface area contributed by atoms with Gasteiger partial charge in [-0.15, -0.1) is 0 Å². The standard InChI is InChI=1S/C16H21NO/c1-11(12-6-8-14(18-2)9-7-12)17-16-10-13-4-3-5-15(13)16/h3,5-9,11,13,15-17H,4,10H2,1-2H3. The summed E-state index contributed by atoms with van der Waals surface area (Å²) in [5.41, 5.74) is 1.33. The van der Waals surface area contributed by atoms with E-state index in [-0.39, 0.29) is 0 Å². The van der Waals surface area contributed by atoms with E-state index in [4.69, 9.17) is 4.74 Å². The number of hydrogen-bond donors (Lipinski definition) is 1. The first-order valence-electron chi connectivity index (χ1n) is 6.84. The van der Waals surface area contributed by atoms with E-state index in [1.54, 1.807) is 7.11 Å². The van der Waals surface area contributed by atoms with Crippen molar-refractivity contribution in [3.8, 4) is 5.75 Å². The second-order valence-electron chi connectivity index (χ2n) is 5.50. The maximum Gasteiger partial charge on any atom is 0.118 e. The van der Waals surface area contributed by atoms with Gasteiger partial charge in [-0.1, -0.05) is 24.3 Å². The molecule has 4 unspecified atom stereocenters.